The molecule has 1 aliphatic rings. The zero-order valence-electron chi connectivity index (χ0n) is 28.1. The van der Waals surface area contributed by atoms with Gasteiger partial charge in [0.05, 0.1) is 61.0 Å². The van der Waals surface area contributed by atoms with E-state index in [0.29, 0.717) is 19.4 Å². The molecule has 0 radical (unpaired) electrons. The van der Waals surface area contributed by atoms with Gasteiger partial charge in [-0.25, -0.2) is 0 Å². The van der Waals surface area contributed by atoms with Crippen molar-refractivity contribution in [2.75, 3.05) is 13.1 Å². The molecule has 0 aromatic rings. The van der Waals surface area contributed by atoms with Crippen LogP contribution in [0.4, 0.5) is 0 Å². The van der Waals surface area contributed by atoms with Crippen LogP contribution in [0.15, 0.2) is 24.3 Å². The molecule has 1 rings (SSSR count). The lowest BCUT2D eigenvalue weighted by atomic mass is 9.97. The molecule has 11 N–H and O–H groups in total. The molecule has 0 aromatic heterocycles. The van der Waals surface area contributed by atoms with E-state index in [1.165, 1.54) is 18.2 Å². The third kappa shape index (κ3) is 21.7. The number of Topliss-reactive ketones (excluding diaryl/α,β-unsaturated/α-hetero) is 1. The van der Waals surface area contributed by atoms with Gasteiger partial charge in [0.25, 0.3) is 0 Å². The van der Waals surface area contributed by atoms with E-state index in [0.717, 1.165) is 19.4 Å². The molecule has 0 aromatic carbocycles. The van der Waals surface area contributed by atoms with Crippen LogP contribution in [-0.2, 0) is 9.59 Å². The van der Waals surface area contributed by atoms with Gasteiger partial charge in [-0.2, -0.15) is 0 Å². The van der Waals surface area contributed by atoms with Gasteiger partial charge in [-0.15, -0.1) is 0 Å². The second-order valence-electron chi connectivity index (χ2n) is 13.4. The van der Waals surface area contributed by atoms with Gasteiger partial charge < -0.3 is 56.6 Å². The zero-order valence-corrected chi connectivity index (χ0v) is 28.1. The summed E-state index contributed by atoms with van der Waals surface area (Å²) >= 11 is 0. The van der Waals surface area contributed by atoms with E-state index in [9.17, 15) is 55.5 Å². The summed E-state index contributed by atoms with van der Waals surface area (Å²) in [5.74, 6) is -0.341. The lowest BCUT2D eigenvalue weighted by Crippen LogP contribution is -2.40. The fourth-order valence-corrected chi connectivity index (χ4v) is 5.49. The highest BCUT2D eigenvalue weighted by atomic mass is 16.3. The van der Waals surface area contributed by atoms with Gasteiger partial charge in [-0.05, 0) is 70.8 Å². The minimum absolute atomic E-state index is 0.0270. The first-order valence-electron chi connectivity index (χ1n) is 17.2. The molecular formula is C34H62N2O11. The van der Waals surface area contributed by atoms with Crippen molar-refractivity contribution in [2.45, 2.75) is 158 Å². The Morgan fingerprint density at radius 3 is 1.70 bits per heavy atom. The number of nitrogens with one attached hydrogen (secondary N) is 2. The molecular weight excluding hydrogens is 612 g/mol. The average Bonchev–Trinajstić information content (AvgIpc) is 3.50. The van der Waals surface area contributed by atoms with Crippen LogP contribution < -0.4 is 10.6 Å². The van der Waals surface area contributed by atoms with Crippen molar-refractivity contribution >= 4 is 11.7 Å². The maximum atomic E-state index is 12.0. The Morgan fingerprint density at radius 2 is 1.19 bits per heavy atom. The summed E-state index contributed by atoms with van der Waals surface area (Å²) < 4.78 is 0. The van der Waals surface area contributed by atoms with Crippen LogP contribution in [0, 0.1) is 5.92 Å². The summed E-state index contributed by atoms with van der Waals surface area (Å²) in [6.45, 7) is 4.76. The van der Waals surface area contributed by atoms with Gasteiger partial charge >= 0.3 is 0 Å². The highest BCUT2D eigenvalue weighted by Crippen LogP contribution is 2.15. The van der Waals surface area contributed by atoms with E-state index in [1.807, 2.05) is 0 Å². The van der Waals surface area contributed by atoms with E-state index >= 15 is 0 Å². The fraction of sp³-hybridized carbons (Fsp3) is 0.824. The van der Waals surface area contributed by atoms with Crippen molar-refractivity contribution in [3.05, 3.63) is 24.3 Å². The second kappa shape index (κ2) is 24.4. The maximum Gasteiger partial charge on any atom is 0.237 e. The van der Waals surface area contributed by atoms with Crippen molar-refractivity contribution in [3.63, 3.8) is 0 Å². The molecule has 13 heteroatoms. The van der Waals surface area contributed by atoms with E-state index in [2.05, 4.69) is 10.6 Å². The van der Waals surface area contributed by atoms with Crippen molar-refractivity contribution < 1.29 is 55.5 Å². The Bertz CT molecular complexity index is 913. The third-order valence-electron chi connectivity index (χ3n) is 8.21. The van der Waals surface area contributed by atoms with E-state index in [1.54, 1.807) is 19.9 Å². The van der Waals surface area contributed by atoms with Gasteiger partial charge in [0, 0.05) is 31.7 Å². The van der Waals surface area contributed by atoms with E-state index in [-0.39, 0.29) is 81.4 Å². The number of rotatable bonds is 26. The van der Waals surface area contributed by atoms with Crippen molar-refractivity contribution in [1.82, 2.24) is 10.6 Å². The summed E-state index contributed by atoms with van der Waals surface area (Å²) in [6.07, 6.45) is 0.264. The van der Waals surface area contributed by atoms with Crippen LogP contribution in [0.3, 0.4) is 0 Å². The minimum atomic E-state index is -1.04. The van der Waals surface area contributed by atoms with Crippen molar-refractivity contribution in [2.24, 2.45) is 5.92 Å². The Balaban J connectivity index is 2.20. The summed E-state index contributed by atoms with van der Waals surface area (Å²) in [7, 11) is 0. The molecule has 1 heterocycles. The third-order valence-corrected chi connectivity index (χ3v) is 8.21. The first kappa shape index (κ1) is 43.2. The Labute approximate surface area is 279 Å². The van der Waals surface area contributed by atoms with E-state index in [4.69, 9.17) is 0 Å². The normalized spacial score (nSPS) is 21.4. The maximum absolute atomic E-state index is 12.0. The molecule has 47 heavy (non-hydrogen) atoms. The van der Waals surface area contributed by atoms with Crippen LogP contribution in [0.5, 0.6) is 0 Å². The molecule has 1 aliphatic heterocycles. The molecule has 10 atom stereocenters. The minimum Gasteiger partial charge on any atom is -0.393 e. The van der Waals surface area contributed by atoms with Crippen LogP contribution >= 0.6 is 0 Å². The van der Waals surface area contributed by atoms with E-state index < -0.39 is 54.9 Å². The van der Waals surface area contributed by atoms with Crippen molar-refractivity contribution in [3.8, 4) is 0 Å². The first-order chi connectivity index (χ1) is 22.2. The lowest BCUT2D eigenvalue weighted by molar-refractivity contribution is -0.124. The summed E-state index contributed by atoms with van der Waals surface area (Å²) in [5, 5.41) is 97.3. The van der Waals surface area contributed by atoms with Gasteiger partial charge in [0.15, 0.2) is 0 Å². The predicted molar refractivity (Wildman–Crippen MR) is 177 cm³/mol. The standard InChI is InChI=1S/C34H62N2O11/c1-22(2)33(46)21-31(45)20-30(44)18-26(40)10-4-9-25(39)17-29(43)19-28(42)16-24(38)8-3-7-23(37)15-27(41)11-5-14-36-34(47)32-12-6-13-35-32/h3-4,8,10,22-32,35,37-45H,5-7,9,11-21H2,1-2H3,(H,36,47)/b8-3+,10-4+. The number of aliphatic hydroxyl groups excluding tert-OH is 9. The predicted octanol–water partition coefficient (Wildman–Crippen LogP) is -0.269. The van der Waals surface area contributed by atoms with Gasteiger partial charge in [-0.1, -0.05) is 38.2 Å². The molecule has 0 spiro atoms. The smallest absolute Gasteiger partial charge is 0.237 e. The molecule has 10 unspecified atom stereocenters. The van der Waals surface area contributed by atoms with Crippen LogP contribution in [-0.4, -0.2) is 132 Å². The largest absolute Gasteiger partial charge is 0.393 e. The molecule has 1 fully saturated rings. The highest BCUT2D eigenvalue weighted by Gasteiger charge is 2.22. The Kier molecular flexibility index (Phi) is 22.4. The Morgan fingerprint density at radius 1 is 0.702 bits per heavy atom. The number of ketones is 1. The number of hydrogen-bond acceptors (Lipinski definition) is 12. The molecule has 1 amide bonds. The van der Waals surface area contributed by atoms with Gasteiger partial charge in [0.1, 0.15) is 5.78 Å². The summed E-state index contributed by atoms with van der Waals surface area (Å²) in [4.78, 5) is 23.7. The summed E-state index contributed by atoms with van der Waals surface area (Å²) in [6, 6.07) is -0.139. The molecule has 1 saturated heterocycles. The topological polar surface area (TPSA) is 240 Å². The second-order valence-corrected chi connectivity index (χ2v) is 13.4. The molecule has 0 aliphatic carbocycles. The summed E-state index contributed by atoms with van der Waals surface area (Å²) in [5.41, 5.74) is 0. The van der Waals surface area contributed by atoms with Gasteiger partial charge in [0.2, 0.25) is 5.91 Å². The average molecular weight is 675 g/mol. The van der Waals surface area contributed by atoms with Crippen LogP contribution in [0.2, 0.25) is 0 Å². The highest BCUT2D eigenvalue weighted by molar-refractivity contribution is 5.82. The number of aliphatic hydroxyl groups is 9. The molecule has 0 saturated carbocycles. The van der Waals surface area contributed by atoms with Crippen LogP contribution in [0.25, 0.3) is 0 Å². The SMILES string of the molecule is CC(C)C(=O)CC(O)CC(O)CC(O)/C=C/CC(O)CC(O)CC(O)CC(O)/C=C/CC(O)CC(O)CCCNC(=O)C1CCCN1. The Hall–Kier alpha value is -1.78. The number of amides is 1. The van der Waals surface area contributed by atoms with Gasteiger partial charge in [-0.3, -0.25) is 9.59 Å². The van der Waals surface area contributed by atoms with Crippen LogP contribution in [0.1, 0.15) is 97.3 Å². The molecule has 13 nitrogen and oxygen atoms in total. The number of carbonyl (C=O) groups excluding carboxylic acids is 2. The first-order valence-corrected chi connectivity index (χ1v) is 17.2. The lowest BCUT2D eigenvalue weighted by Gasteiger charge is -2.19. The number of hydrogen-bond donors (Lipinski definition) is 11. The molecule has 274 valence electrons. The zero-order chi connectivity index (χ0) is 35.4. The quantitative estimate of drug-likeness (QED) is 0.0420. The fourth-order valence-electron chi connectivity index (χ4n) is 5.49. The van der Waals surface area contributed by atoms with Crippen molar-refractivity contribution in [1.29, 1.82) is 0 Å². The molecule has 0 bridgehead atoms. The number of carbonyl (C=O) groups is 2. The monoisotopic (exact) mass is 674 g/mol.